The van der Waals surface area contributed by atoms with Gasteiger partial charge in [-0.05, 0) is 18.2 Å². The van der Waals surface area contributed by atoms with Gasteiger partial charge < -0.3 is 14.4 Å². The number of hydrogen-bond acceptors (Lipinski definition) is 10. The van der Waals surface area contributed by atoms with E-state index in [0.717, 1.165) is 4.57 Å². The molecule has 1 aromatic carbocycles. The van der Waals surface area contributed by atoms with E-state index < -0.39 is 15.8 Å². The molecule has 0 radical (unpaired) electrons. The summed E-state index contributed by atoms with van der Waals surface area (Å²) in [6.07, 6.45) is 2.96. The average molecular weight is 488 g/mol. The van der Waals surface area contributed by atoms with Crippen molar-refractivity contribution < 1.29 is 27.2 Å². The number of aromatic nitrogens is 4. The number of hydrogen-bond donors (Lipinski definition) is 0. The van der Waals surface area contributed by atoms with Crippen LogP contribution >= 0.6 is 0 Å². The van der Waals surface area contributed by atoms with Crippen LogP contribution in [0.2, 0.25) is 0 Å². The van der Waals surface area contributed by atoms with Crippen molar-refractivity contribution in [3.05, 3.63) is 47.2 Å². The second kappa shape index (κ2) is 8.87. The van der Waals surface area contributed by atoms with Crippen LogP contribution in [0.3, 0.4) is 0 Å². The summed E-state index contributed by atoms with van der Waals surface area (Å²) >= 11 is 0. The topological polar surface area (TPSA) is 150 Å². The fourth-order valence-corrected chi connectivity index (χ4v) is 5.17. The molecule has 0 saturated carbocycles. The Morgan fingerprint density at radius 3 is 2.44 bits per heavy atom. The third-order valence-corrected chi connectivity index (χ3v) is 7.38. The van der Waals surface area contributed by atoms with E-state index in [1.807, 2.05) is 0 Å². The zero-order valence-corrected chi connectivity index (χ0v) is 18.7. The summed E-state index contributed by atoms with van der Waals surface area (Å²) < 4.78 is 44.2. The van der Waals surface area contributed by atoms with Gasteiger partial charge in [-0.2, -0.15) is 4.31 Å². The van der Waals surface area contributed by atoms with Gasteiger partial charge in [0.05, 0.1) is 4.90 Å². The van der Waals surface area contributed by atoms with Gasteiger partial charge in [-0.25, -0.2) is 27.7 Å². The average Bonchev–Trinajstić information content (AvgIpc) is 3.24. The molecule has 2 aliphatic rings. The number of fused-ring (bicyclic) bond motifs is 1. The molecule has 13 nitrogen and oxygen atoms in total. The first kappa shape index (κ1) is 22.0. The molecule has 2 aliphatic heterocycles. The molecule has 0 atom stereocenters. The van der Waals surface area contributed by atoms with Crippen LogP contribution in [0.15, 0.2) is 50.9 Å². The van der Waals surface area contributed by atoms with Gasteiger partial charge in [-0.15, -0.1) is 0 Å². The molecule has 1 amide bonds. The van der Waals surface area contributed by atoms with Crippen LogP contribution in [0.4, 0.5) is 0 Å². The standard InChI is InChI=1S/C20H20N6O7S/c27-17(13-26-19(23-33-20(26)28)18-21-4-1-5-22-18)24-6-8-25(9-7-24)34(29,30)14-2-3-15-16(12-14)32-11-10-31-15/h1-5,12H,6-11,13H2. The molecular formula is C20H20N6O7S. The molecule has 2 aromatic heterocycles. The van der Waals surface area contributed by atoms with Gasteiger partial charge in [0.1, 0.15) is 19.8 Å². The highest BCUT2D eigenvalue weighted by Gasteiger charge is 2.32. The van der Waals surface area contributed by atoms with Gasteiger partial charge in [0.2, 0.25) is 21.8 Å². The first-order chi connectivity index (χ1) is 16.4. The normalized spacial score (nSPS) is 16.4. The minimum Gasteiger partial charge on any atom is -0.486 e. The van der Waals surface area contributed by atoms with E-state index in [1.54, 1.807) is 12.1 Å². The molecule has 5 rings (SSSR count). The van der Waals surface area contributed by atoms with Crippen LogP contribution in [-0.2, 0) is 21.4 Å². The van der Waals surface area contributed by atoms with E-state index in [2.05, 4.69) is 19.6 Å². The van der Waals surface area contributed by atoms with Gasteiger partial charge in [0.15, 0.2) is 17.3 Å². The summed E-state index contributed by atoms with van der Waals surface area (Å²) in [6.45, 7) is 0.983. The summed E-state index contributed by atoms with van der Waals surface area (Å²) in [6, 6.07) is 6.11. The van der Waals surface area contributed by atoms with Gasteiger partial charge in [0.25, 0.3) is 0 Å². The number of carbonyl (C=O) groups is 1. The van der Waals surface area contributed by atoms with Crippen LogP contribution in [-0.4, -0.2) is 82.6 Å². The zero-order valence-electron chi connectivity index (χ0n) is 17.9. The van der Waals surface area contributed by atoms with E-state index in [4.69, 9.17) is 9.47 Å². The van der Waals surface area contributed by atoms with Gasteiger partial charge in [-0.1, -0.05) is 5.16 Å². The maximum atomic E-state index is 13.1. The molecule has 34 heavy (non-hydrogen) atoms. The number of benzene rings is 1. The highest BCUT2D eigenvalue weighted by atomic mass is 32.2. The van der Waals surface area contributed by atoms with E-state index in [1.165, 1.54) is 33.7 Å². The van der Waals surface area contributed by atoms with Gasteiger partial charge in [-0.3, -0.25) is 9.32 Å². The number of ether oxygens (including phenoxy) is 2. The Morgan fingerprint density at radius 2 is 1.71 bits per heavy atom. The molecule has 0 unspecified atom stereocenters. The number of nitrogens with zero attached hydrogens (tertiary/aromatic N) is 6. The van der Waals surface area contributed by atoms with Crippen molar-refractivity contribution in [1.29, 1.82) is 0 Å². The van der Waals surface area contributed by atoms with Crippen molar-refractivity contribution in [2.24, 2.45) is 0 Å². The van der Waals surface area contributed by atoms with Crippen molar-refractivity contribution in [1.82, 2.24) is 28.9 Å². The molecule has 178 valence electrons. The fourth-order valence-electron chi connectivity index (χ4n) is 3.73. The molecule has 0 bridgehead atoms. The quantitative estimate of drug-likeness (QED) is 0.464. The Kier molecular flexibility index (Phi) is 5.75. The fraction of sp³-hybridized carbons (Fsp3) is 0.350. The molecule has 4 heterocycles. The molecule has 0 N–H and O–H groups in total. The summed E-state index contributed by atoms with van der Waals surface area (Å²) in [4.78, 5) is 34.6. The predicted octanol–water partition coefficient (Wildman–Crippen LogP) is -0.402. The van der Waals surface area contributed by atoms with E-state index >= 15 is 0 Å². The number of carbonyl (C=O) groups excluding carboxylic acids is 1. The Balaban J connectivity index is 1.26. The lowest BCUT2D eigenvalue weighted by Gasteiger charge is -2.34. The Morgan fingerprint density at radius 1 is 1.00 bits per heavy atom. The van der Waals surface area contributed by atoms with Crippen molar-refractivity contribution in [3.8, 4) is 23.1 Å². The van der Waals surface area contributed by atoms with Crippen molar-refractivity contribution >= 4 is 15.9 Å². The lowest BCUT2D eigenvalue weighted by molar-refractivity contribution is -0.133. The second-order valence-electron chi connectivity index (χ2n) is 7.52. The van der Waals surface area contributed by atoms with Crippen LogP contribution < -0.4 is 15.2 Å². The van der Waals surface area contributed by atoms with Crippen LogP contribution in [0.5, 0.6) is 11.5 Å². The molecule has 1 fully saturated rings. The summed E-state index contributed by atoms with van der Waals surface area (Å²) in [5.41, 5.74) is 0. The van der Waals surface area contributed by atoms with Crippen LogP contribution in [0.25, 0.3) is 11.6 Å². The maximum Gasteiger partial charge on any atom is 0.442 e. The minimum absolute atomic E-state index is 0.0405. The van der Waals surface area contributed by atoms with Crippen molar-refractivity contribution in [3.63, 3.8) is 0 Å². The van der Waals surface area contributed by atoms with Gasteiger partial charge in [0, 0.05) is 44.6 Å². The molecular weight excluding hydrogens is 468 g/mol. The van der Waals surface area contributed by atoms with Crippen molar-refractivity contribution in [2.45, 2.75) is 11.4 Å². The summed E-state index contributed by atoms with van der Waals surface area (Å²) in [7, 11) is -3.78. The van der Waals surface area contributed by atoms with E-state index in [9.17, 15) is 18.0 Å². The Bertz CT molecular complexity index is 1360. The molecule has 0 spiro atoms. The number of sulfonamides is 1. The zero-order chi connectivity index (χ0) is 23.7. The lowest BCUT2D eigenvalue weighted by atomic mass is 10.3. The van der Waals surface area contributed by atoms with E-state index in [0.29, 0.717) is 24.7 Å². The Hall–Kier alpha value is -3.78. The molecule has 1 saturated heterocycles. The predicted molar refractivity (Wildman–Crippen MR) is 115 cm³/mol. The third-order valence-electron chi connectivity index (χ3n) is 5.49. The molecule has 14 heteroatoms. The SMILES string of the molecule is O=C(Cn1c(-c2ncccn2)noc1=O)N1CCN(S(=O)(=O)c2ccc3c(c2)OCCO3)CC1. The summed E-state index contributed by atoms with van der Waals surface area (Å²) in [5.74, 6) is -0.104. The minimum atomic E-state index is -3.78. The Labute approximate surface area is 193 Å². The van der Waals surface area contributed by atoms with Crippen LogP contribution in [0.1, 0.15) is 0 Å². The van der Waals surface area contributed by atoms with Crippen LogP contribution in [0, 0.1) is 0 Å². The third kappa shape index (κ3) is 4.12. The molecule has 0 aliphatic carbocycles. The van der Waals surface area contributed by atoms with Crippen molar-refractivity contribution in [2.75, 3.05) is 39.4 Å². The lowest BCUT2D eigenvalue weighted by Crippen LogP contribution is -2.51. The monoisotopic (exact) mass is 488 g/mol. The molecule has 3 aromatic rings. The second-order valence-corrected chi connectivity index (χ2v) is 9.46. The smallest absolute Gasteiger partial charge is 0.442 e. The highest BCUT2D eigenvalue weighted by molar-refractivity contribution is 7.89. The first-order valence-corrected chi connectivity index (χ1v) is 11.9. The largest absolute Gasteiger partial charge is 0.486 e. The van der Waals surface area contributed by atoms with E-state index in [-0.39, 0.29) is 55.2 Å². The number of piperazine rings is 1. The highest BCUT2D eigenvalue weighted by Crippen LogP contribution is 2.33. The van der Waals surface area contributed by atoms with Gasteiger partial charge >= 0.3 is 5.76 Å². The number of amides is 1. The number of rotatable bonds is 5. The first-order valence-electron chi connectivity index (χ1n) is 10.4. The summed E-state index contributed by atoms with van der Waals surface area (Å²) in [5, 5.41) is 3.67. The maximum absolute atomic E-state index is 13.1.